The number of carbonyl (C=O) groups excluding carboxylic acids is 1. The van der Waals surface area contributed by atoms with E-state index in [1.807, 2.05) is 75.4 Å². The first-order valence-corrected chi connectivity index (χ1v) is 22.8. The average molecular weight is 759 g/mol. The molecule has 3 heteroatoms. The molecule has 1 heterocycles. The molecule has 0 spiro atoms. The van der Waals surface area contributed by atoms with Gasteiger partial charge >= 0.3 is 0 Å². The lowest BCUT2D eigenvalue weighted by atomic mass is 9.97. The van der Waals surface area contributed by atoms with Gasteiger partial charge in [-0.05, 0) is 61.1 Å². The Morgan fingerprint density at radius 2 is 1.15 bits per heavy atom. The minimum atomic E-state index is 0.0707. The Morgan fingerprint density at radius 1 is 0.630 bits per heavy atom. The lowest BCUT2D eigenvalue weighted by Gasteiger charge is -2.11. The maximum absolute atomic E-state index is 13.5. The topological polar surface area (TPSA) is 26.3 Å². The SMILES string of the molecule is CC.CCC(C)CCOc1ccc(-c2sc3ccccc3c2C(=O)c2ccc(C)cc2)cc1.CCCCCC.CCCCCC(C)C.CCCCCCC. The molecule has 2 nitrogen and oxygen atoms in total. The maximum atomic E-state index is 13.5. The number of ketones is 1. The van der Waals surface area contributed by atoms with E-state index in [2.05, 4.69) is 80.5 Å². The molecular formula is C51H82O2S. The number of unbranched alkanes of at least 4 members (excludes halogenated alkanes) is 9. The summed E-state index contributed by atoms with van der Waals surface area (Å²) in [4.78, 5) is 14.5. The molecule has 1 aromatic heterocycles. The maximum Gasteiger partial charge on any atom is 0.195 e. The monoisotopic (exact) mass is 759 g/mol. The molecule has 0 aliphatic heterocycles. The molecule has 0 radical (unpaired) electrons. The molecule has 54 heavy (non-hydrogen) atoms. The lowest BCUT2D eigenvalue weighted by molar-refractivity contribution is 0.104. The Bertz CT molecular complexity index is 1420. The minimum absolute atomic E-state index is 0.0707. The molecule has 0 saturated heterocycles. The van der Waals surface area contributed by atoms with Gasteiger partial charge in [0.25, 0.3) is 0 Å². The van der Waals surface area contributed by atoms with Crippen molar-refractivity contribution in [2.75, 3.05) is 6.61 Å². The van der Waals surface area contributed by atoms with E-state index in [0.717, 1.165) is 61.9 Å². The Labute approximate surface area is 338 Å². The lowest BCUT2D eigenvalue weighted by Crippen LogP contribution is -2.03. The molecule has 4 rings (SSSR count). The quantitative estimate of drug-likeness (QED) is 0.0703. The van der Waals surface area contributed by atoms with Gasteiger partial charge in [0, 0.05) is 26.1 Å². The summed E-state index contributed by atoms with van der Waals surface area (Å²) < 4.78 is 7.05. The molecule has 3 aromatic carbocycles. The van der Waals surface area contributed by atoms with Crippen molar-refractivity contribution in [2.24, 2.45) is 11.8 Å². The van der Waals surface area contributed by atoms with E-state index in [1.165, 1.54) is 89.9 Å². The van der Waals surface area contributed by atoms with E-state index in [9.17, 15) is 4.79 Å². The number of aryl methyl sites for hydroxylation is 1. The van der Waals surface area contributed by atoms with Gasteiger partial charge in [-0.1, -0.05) is 214 Å². The number of hydrogen-bond acceptors (Lipinski definition) is 3. The van der Waals surface area contributed by atoms with Crippen LogP contribution in [-0.2, 0) is 0 Å². The van der Waals surface area contributed by atoms with Gasteiger partial charge in [-0.15, -0.1) is 11.3 Å². The van der Waals surface area contributed by atoms with Gasteiger partial charge in [0.05, 0.1) is 6.61 Å². The van der Waals surface area contributed by atoms with Crippen LogP contribution in [0.4, 0.5) is 0 Å². The fourth-order valence-corrected chi connectivity index (χ4v) is 6.79. The fraction of sp³-hybridized carbons (Fsp3) is 0.588. The molecular weight excluding hydrogens is 677 g/mol. The molecule has 1 atom stereocenters. The number of ether oxygens (including phenoxy) is 1. The second-order valence-corrected chi connectivity index (χ2v) is 15.9. The summed E-state index contributed by atoms with van der Waals surface area (Å²) in [6.45, 7) is 27.0. The van der Waals surface area contributed by atoms with Crippen molar-refractivity contribution in [1.29, 1.82) is 0 Å². The van der Waals surface area contributed by atoms with Crippen LogP contribution in [0.2, 0.25) is 0 Å². The van der Waals surface area contributed by atoms with E-state index < -0.39 is 0 Å². The van der Waals surface area contributed by atoms with E-state index in [4.69, 9.17) is 4.74 Å². The van der Waals surface area contributed by atoms with Crippen LogP contribution in [0, 0.1) is 18.8 Å². The highest BCUT2D eigenvalue weighted by Gasteiger charge is 2.21. The van der Waals surface area contributed by atoms with Crippen molar-refractivity contribution in [2.45, 2.75) is 179 Å². The zero-order valence-corrected chi connectivity index (χ0v) is 37.9. The van der Waals surface area contributed by atoms with Gasteiger partial charge < -0.3 is 4.74 Å². The summed E-state index contributed by atoms with van der Waals surface area (Å²) in [5, 5.41) is 1.02. The third kappa shape index (κ3) is 21.8. The van der Waals surface area contributed by atoms with Crippen LogP contribution in [-0.4, -0.2) is 12.4 Å². The fourth-order valence-electron chi connectivity index (χ4n) is 5.59. The number of thiophene rings is 1. The second kappa shape index (κ2) is 33.4. The Kier molecular flexibility index (Phi) is 31.6. The van der Waals surface area contributed by atoms with Crippen molar-refractivity contribution in [3.63, 3.8) is 0 Å². The van der Waals surface area contributed by atoms with Crippen LogP contribution in [0.1, 0.15) is 194 Å². The third-order valence-corrected chi connectivity index (χ3v) is 10.6. The average Bonchev–Trinajstić information content (AvgIpc) is 3.59. The highest BCUT2D eigenvalue weighted by molar-refractivity contribution is 7.22. The largest absolute Gasteiger partial charge is 0.494 e. The summed E-state index contributed by atoms with van der Waals surface area (Å²) in [6.07, 6.45) is 20.4. The molecule has 304 valence electrons. The van der Waals surface area contributed by atoms with Gasteiger partial charge in [0.1, 0.15) is 5.75 Å². The summed E-state index contributed by atoms with van der Waals surface area (Å²) in [5.41, 5.74) is 3.71. The standard InChI is InChI=1S/C28H28O2S.C8H18.C7H16.C6H14.C2H6/c1-4-19(2)17-18-30-23-15-13-22(14-16-23)28-26(24-7-5-6-8-25(24)31-28)27(29)21-11-9-20(3)10-12-21;1-4-5-6-7-8(2)3;1-3-5-7-6-4-2;1-3-5-6-4-2;1-2/h5-16,19H,4,17-18H2,1-3H3;8H,4-7H2,1-3H3;3-7H2,1-2H3;3-6H2,1-2H3;1-2H3. The van der Waals surface area contributed by atoms with Gasteiger partial charge in [-0.25, -0.2) is 0 Å². The number of fused-ring (bicyclic) bond motifs is 1. The number of rotatable bonds is 19. The summed E-state index contributed by atoms with van der Waals surface area (Å²) in [7, 11) is 0. The first-order valence-electron chi connectivity index (χ1n) is 22.0. The van der Waals surface area contributed by atoms with Crippen LogP contribution < -0.4 is 4.74 Å². The van der Waals surface area contributed by atoms with Crippen molar-refractivity contribution in [1.82, 2.24) is 0 Å². The zero-order chi connectivity index (χ0) is 40.6. The van der Waals surface area contributed by atoms with Gasteiger partial charge in [0.15, 0.2) is 5.78 Å². The van der Waals surface area contributed by atoms with Crippen molar-refractivity contribution < 1.29 is 9.53 Å². The molecule has 4 aromatic rings. The van der Waals surface area contributed by atoms with E-state index in [-0.39, 0.29) is 5.78 Å². The summed E-state index contributed by atoms with van der Waals surface area (Å²) in [5.74, 6) is 2.52. The van der Waals surface area contributed by atoms with Gasteiger partial charge in [-0.3, -0.25) is 4.79 Å². The van der Waals surface area contributed by atoms with Crippen LogP contribution >= 0.6 is 11.3 Å². The predicted molar refractivity (Wildman–Crippen MR) is 246 cm³/mol. The minimum Gasteiger partial charge on any atom is -0.494 e. The molecule has 0 saturated carbocycles. The highest BCUT2D eigenvalue weighted by atomic mass is 32.1. The van der Waals surface area contributed by atoms with Gasteiger partial charge in [-0.2, -0.15) is 0 Å². The molecule has 0 amide bonds. The Morgan fingerprint density at radius 3 is 1.67 bits per heavy atom. The number of hydrogen-bond donors (Lipinski definition) is 0. The Hall–Kier alpha value is -2.91. The zero-order valence-electron chi connectivity index (χ0n) is 37.1. The van der Waals surface area contributed by atoms with Crippen LogP contribution in [0.15, 0.2) is 72.8 Å². The summed E-state index contributed by atoms with van der Waals surface area (Å²) >= 11 is 1.67. The first-order chi connectivity index (χ1) is 26.2. The van der Waals surface area contributed by atoms with E-state index >= 15 is 0 Å². The van der Waals surface area contributed by atoms with E-state index in [0.29, 0.717) is 5.92 Å². The molecule has 0 N–H and O–H groups in total. The van der Waals surface area contributed by atoms with Crippen molar-refractivity contribution in [3.05, 3.63) is 89.5 Å². The normalized spacial score (nSPS) is 10.8. The predicted octanol–water partition coefficient (Wildman–Crippen LogP) is 17.7. The highest BCUT2D eigenvalue weighted by Crippen LogP contribution is 2.40. The van der Waals surface area contributed by atoms with Crippen LogP contribution in [0.5, 0.6) is 5.75 Å². The molecule has 0 fully saturated rings. The smallest absolute Gasteiger partial charge is 0.195 e. The van der Waals surface area contributed by atoms with Gasteiger partial charge in [0.2, 0.25) is 0 Å². The number of carbonyl (C=O) groups is 1. The molecule has 0 bridgehead atoms. The molecule has 0 aliphatic carbocycles. The Balaban J connectivity index is 0.000000997. The number of benzene rings is 3. The third-order valence-electron chi connectivity index (χ3n) is 9.38. The molecule has 0 aliphatic rings. The van der Waals surface area contributed by atoms with Crippen LogP contribution in [0.25, 0.3) is 20.5 Å². The van der Waals surface area contributed by atoms with Crippen molar-refractivity contribution >= 4 is 27.2 Å². The van der Waals surface area contributed by atoms with E-state index in [1.54, 1.807) is 11.3 Å². The van der Waals surface area contributed by atoms with Crippen molar-refractivity contribution in [3.8, 4) is 16.2 Å². The second-order valence-electron chi connectivity index (χ2n) is 14.8. The summed E-state index contributed by atoms with van der Waals surface area (Å²) in [6, 6.07) is 24.1. The molecule has 1 unspecified atom stereocenters. The first kappa shape index (κ1) is 51.1. The van der Waals surface area contributed by atoms with Crippen LogP contribution in [0.3, 0.4) is 0 Å².